The first-order valence-electron chi connectivity index (χ1n) is 9.51. The van der Waals surface area contributed by atoms with Crippen molar-refractivity contribution in [3.05, 3.63) is 106 Å². The first kappa shape index (κ1) is 19.9. The Bertz CT molecular complexity index is 1230. The normalized spacial score (nSPS) is 16.9. The zero-order valence-electron chi connectivity index (χ0n) is 16.6. The highest BCUT2D eigenvalue weighted by Gasteiger charge is 2.47. The molecule has 0 aliphatic carbocycles. The van der Waals surface area contributed by atoms with Crippen LogP contribution in [0.3, 0.4) is 0 Å². The lowest BCUT2D eigenvalue weighted by atomic mass is 10.1. The third-order valence-corrected chi connectivity index (χ3v) is 7.10. The fourth-order valence-electron chi connectivity index (χ4n) is 3.61. The van der Waals surface area contributed by atoms with Gasteiger partial charge in [-0.05, 0) is 43.7 Å². The molecule has 30 heavy (non-hydrogen) atoms. The Morgan fingerprint density at radius 1 is 0.800 bits per heavy atom. The lowest BCUT2D eigenvalue weighted by molar-refractivity contribution is -0.117. The summed E-state index contributed by atoms with van der Waals surface area (Å²) in [4.78, 5) is 14.1. The van der Waals surface area contributed by atoms with Crippen LogP contribution in [0.4, 0.5) is 5.69 Å². The van der Waals surface area contributed by atoms with E-state index in [0.29, 0.717) is 11.3 Å². The van der Waals surface area contributed by atoms with Crippen molar-refractivity contribution in [2.24, 2.45) is 0 Å². The van der Waals surface area contributed by atoms with Gasteiger partial charge in [-0.25, -0.2) is 8.42 Å². The molecule has 6 heteroatoms. The number of sulfone groups is 1. The molecule has 0 bridgehead atoms. The molecule has 152 valence electrons. The van der Waals surface area contributed by atoms with Crippen LogP contribution < -0.4 is 4.90 Å². The monoisotopic (exact) mass is 419 g/mol. The molecule has 0 unspecified atom stereocenters. The second-order valence-electron chi connectivity index (χ2n) is 7.35. The van der Waals surface area contributed by atoms with Crippen LogP contribution in [-0.2, 0) is 14.6 Å². The molecule has 1 aliphatic rings. The van der Waals surface area contributed by atoms with E-state index < -0.39 is 27.5 Å². The SMILES string of the molecule is Cc1ccc(N2C(=O)C(O)=C(S(=O)(=O)c3ccc(C)cc3)[C@H]2c2ccccc2)cc1. The zero-order chi connectivity index (χ0) is 21.5. The second kappa shape index (κ2) is 7.46. The third-order valence-electron chi connectivity index (χ3n) is 5.21. The predicted octanol–water partition coefficient (Wildman–Crippen LogP) is 4.63. The van der Waals surface area contributed by atoms with Gasteiger partial charge in [-0.3, -0.25) is 9.69 Å². The van der Waals surface area contributed by atoms with E-state index in [-0.39, 0.29) is 9.80 Å². The van der Waals surface area contributed by atoms with Crippen LogP contribution in [0.15, 0.2) is 94.4 Å². The van der Waals surface area contributed by atoms with Crippen molar-refractivity contribution in [2.75, 3.05) is 4.90 Å². The van der Waals surface area contributed by atoms with Gasteiger partial charge in [0, 0.05) is 5.69 Å². The number of hydrogen-bond acceptors (Lipinski definition) is 4. The Hall–Kier alpha value is -3.38. The average Bonchev–Trinajstić information content (AvgIpc) is 3.01. The van der Waals surface area contributed by atoms with Gasteiger partial charge in [-0.1, -0.05) is 65.7 Å². The molecular weight excluding hydrogens is 398 g/mol. The molecule has 0 saturated heterocycles. The van der Waals surface area contributed by atoms with Crippen molar-refractivity contribution >= 4 is 21.4 Å². The minimum atomic E-state index is -4.12. The molecular formula is C24H21NO4S. The van der Waals surface area contributed by atoms with Gasteiger partial charge in [0.05, 0.1) is 4.90 Å². The summed E-state index contributed by atoms with van der Waals surface area (Å²) in [5, 5.41) is 10.7. The maximum Gasteiger partial charge on any atom is 0.295 e. The van der Waals surface area contributed by atoms with Gasteiger partial charge in [0.1, 0.15) is 10.9 Å². The van der Waals surface area contributed by atoms with Crippen LogP contribution in [0.1, 0.15) is 22.7 Å². The highest BCUT2D eigenvalue weighted by atomic mass is 32.2. The summed E-state index contributed by atoms with van der Waals surface area (Å²) in [7, 11) is -4.12. The number of aliphatic hydroxyl groups is 1. The summed E-state index contributed by atoms with van der Waals surface area (Å²) in [6, 6.07) is 21.5. The molecule has 3 aromatic rings. The Morgan fingerprint density at radius 3 is 1.90 bits per heavy atom. The Kier molecular flexibility index (Phi) is 4.95. The summed E-state index contributed by atoms with van der Waals surface area (Å²) >= 11 is 0. The molecule has 1 amide bonds. The summed E-state index contributed by atoms with van der Waals surface area (Å²) < 4.78 is 27.0. The standard InChI is InChI=1S/C24H21NO4S/c1-16-8-12-19(13-9-16)25-21(18-6-4-3-5-7-18)23(22(26)24(25)27)30(28,29)20-14-10-17(2)11-15-20/h3-15,21,26H,1-2H3/t21-/m1/s1. The number of carbonyl (C=O) groups excluding carboxylic acids is 1. The number of rotatable bonds is 4. The van der Waals surface area contributed by atoms with E-state index >= 15 is 0 Å². The van der Waals surface area contributed by atoms with E-state index in [2.05, 4.69) is 0 Å². The van der Waals surface area contributed by atoms with E-state index in [9.17, 15) is 18.3 Å². The number of hydrogen-bond donors (Lipinski definition) is 1. The molecule has 5 nitrogen and oxygen atoms in total. The number of nitrogens with zero attached hydrogens (tertiary/aromatic N) is 1. The number of aliphatic hydroxyl groups excluding tert-OH is 1. The first-order valence-corrected chi connectivity index (χ1v) is 11.0. The molecule has 0 spiro atoms. The van der Waals surface area contributed by atoms with E-state index in [4.69, 9.17) is 0 Å². The number of carbonyl (C=O) groups is 1. The molecule has 0 aromatic heterocycles. The molecule has 3 aromatic carbocycles. The van der Waals surface area contributed by atoms with Gasteiger partial charge in [-0.2, -0.15) is 0 Å². The van der Waals surface area contributed by atoms with Crippen LogP contribution in [0.5, 0.6) is 0 Å². The van der Waals surface area contributed by atoms with Crippen molar-refractivity contribution in [3.8, 4) is 0 Å². The quantitative estimate of drug-likeness (QED) is 0.669. The minimum Gasteiger partial charge on any atom is -0.502 e. The van der Waals surface area contributed by atoms with Crippen molar-refractivity contribution in [2.45, 2.75) is 24.8 Å². The van der Waals surface area contributed by atoms with E-state index in [1.54, 1.807) is 48.5 Å². The van der Waals surface area contributed by atoms with Crippen molar-refractivity contribution in [1.29, 1.82) is 0 Å². The molecule has 0 radical (unpaired) electrons. The second-order valence-corrected chi connectivity index (χ2v) is 9.27. The molecule has 4 rings (SSSR count). The number of amides is 1. The van der Waals surface area contributed by atoms with Gasteiger partial charge < -0.3 is 5.11 Å². The summed E-state index contributed by atoms with van der Waals surface area (Å²) in [5.41, 5.74) is 3.03. The molecule has 1 heterocycles. The lowest BCUT2D eigenvalue weighted by Crippen LogP contribution is -2.31. The first-order chi connectivity index (χ1) is 14.3. The van der Waals surface area contributed by atoms with Crippen molar-refractivity contribution in [1.82, 2.24) is 0 Å². The van der Waals surface area contributed by atoms with E-state index in [1.807, 2.05) is 32.0 Å². The van der Waals surface area contributed by atoms with E-state index in [1.165, 1.54) is 17.0 Å². The average molecular weight is 420 g/mol. The molecule has 0 saturated carbocycles. The fraction of sp³-hybridized carbons (Fsp3) is 0.125. The molecule has 1 atom stereocenters. The van der Waals surface area contributed by atoms with Crippen LogP contribution in [0.25, 0.3) is 0 Å². The van der Waals surface area contributed by atoms with Gasteiger partial charge in [0.2, 0.25) is 9.84 Å². The molecule has 0 fully saturated rings. The van der Waals surface area contributed by atoms with Crippen LogP contribution in [-0.4, -0.2) is 19.4 Å². The fourth-order valence-corrected chi connectivity index (χ4v) is 5.24. The molecule has 1 N–H and O–H groups in total. The zero-order valence-corrected chi connectivity index (χ0v) is 17.4. The Morgan fingerprint density at radius 2 is 1.33 bits per heavy atom. The highest BCUT2D eigenvalue weighted by molar-refractivity contribution is 7.95. The van der Waals surface area contributed by atoms with Crippen LogP contribution in [0, 0.1) is 13.8 Å². The topological polar surface area (TPSA) is 74.7 Å². The largest absolute Gasteiger partial charge is 0.502 e. The smallest absolute Gasteiger partial charge is 0.295 e. The van der Waals surface area contributed by atoms with Gasteiger partial charge in [0.25, 0.3) is 5.91 Å². The van der Waals surface area contributed by atoms with Crippen molar-refractivity contribution < 1.29 is 18.3 Å². The van der Waals surface area contributed by atoms with Crippen LogP contribution in [0.2, 0.25) is 0 Å². The highest BCUT2D eigenvalue weighted by Crippen LogP contribution is 2.44. The van der Waals surface area contributed by atoms with Crippen LogP contribution >= 0.6 is 0 Å². The third kappa shape index (κ3) is 3.29. The maximum atomic E-state index is 13.5. The number of benzene rings is 3. The molecule has 1 aliphatic heterocycles. The number of anilines is 1. The lowest BCUT2D eigenvalue weighted by Gasteiger charge is -2.27. The minimum absolute atomic E-state index is 0.0362. The predicted molar refractivity (Wildman–Crippen MR) is 116 cm³/mol. The Labute approximate surface area is 175 Å². The summed E-state index contributed by atoms with van der Waals surface area (Å²) in [5.74, 6) is -1.48. The van der Waals surface area contributed by atoms with E-state index in [0.717, 1.165) is 11.1 Å². The van der Waals surface area contributed by atoms with Gasteiger partial charge in [-0.15, -0.1) is 0 Å². The number of aryl methyl sites for hydroxylation is 2. The van der Waals surface area contributed by atoms with Gasteiger partial charge in [0.15, 0.2) is 5.76 Å². The van der Waals surface area contributed by atoms with Gasteiger partial charge >= 0.3 is 0 Å². The Balaban J connectivity index is 1.92. The summed E-state index contributed by atoms with van der Waals surface area (Å²) in [6.45, 7) is 3.78. The summed E-state index contributed by atoms with van der Waals surface area (Å²) in [6.07, 6.45) is 0. The maximum absolute atomic E-state index is 13.5. The van der Waals surface area contributed by atoms with Crippen molar-refractivity contribution in [3.63, 3.8) is 0 Å².